The Morgan fingerprint density at radius 3 is 2.00 bits per heavy atom. The number of rotatable bonds is 10. The van der Waals surface area contributed by atoms with Crippen LogP contribution in [0.15, 0.2) is 18.2 Å². The molecular formula is C16H23BF4O2. The molecule has 7 heteroatoms. The van der Waals surface area contributed by atoms with Gasteiger partial charge in [0.25, 0.3) is 0 Å². The fourth-order valence-electron chi connectivity index (χ4n) is 2.52. The first-order chi connectivity index (χ1) is 10.8. The van der Waals surface area contributed by atoms with Gasteiger partial charge in [0, 0.05) is 11.9 Å². The highest BCUT2D eigenvalue weighted by atomic mass is 19.4. The average molecular weight is 334 g/mol. The molecule has 2 nitrogen and oxygen atoms in total. The maximum atomic E-state index is 13.9. The molecule has 130 valence electrons. The van der Waals surface area contributed by atoms with E-state index in [9.17, 15) is 17.6 Å². The van der Waals surface area contributed by atoms with Crippen LogP contribution >= 0.6 is 0 Å². The van der Waals surface area contributed by atoms with Crippen LogP contribution in [0.5, 0.6) is 0 Å². The minimum Gasteiger partial charge on any atom is -0.423 e. The Labute approximate surface area is 134 Å². The zero-order chi connectivity index (χ0) is 17.3. The molecule has 0 aliphatic heterocycles. The highest BCUT2D eigenvalue weighted by Crippen LogP contribution is 2.23. The Morgan fingerprint density at radius 1 is 0.870 bits per heavy atom. The number of aryl methyl sites for hydroxylation is 1. The van der Waals surface area contributed by atoms with Gasteiger partial charge in [-0.15, -0.1) is 0 Å². The molecule has 0 atom stereocenters. The van der Waals surface area contributed by atoms with Crippen molar-refractivity contribution in [2.24, 2.45) is 0 Å². The Balaban J connectivity index is 2.13. The molecule has 0 amide bonds. The van der Waals surface area contributed by atoms with E-state index < -0.39 is 25.5 Å². The third-order valence-electron chi connectivity index (χ3n) is 3.79. The van der Waals surface area contributed by atoms with Crippen LogP contribution in [0.3, 0.4) is 0 Å². The van der Waals surface area contributed by atoms with Crippen molar-refractivity contribution >= 4 is 12.6 Å². The second-order valence-corrected chi connectivity index (χ2v) is 5.78. The summed E-state index contributed by atoms with van der Waals surface area (Å²) in [6.45, 7) is 0. The average Bonchev–Trinajstić information content (AvgIpc) is 2.45. The summed E-state index contributed by atoms with van der Waals surface area (Å²) in [7, 11) is -1.81. The van der Waals surface area contributed by atoms with Gasteiger partial charge in [0.15, 0.2) is 0 Å². The normalized spacial score (nSPS) is 11.7. The first-order valence-electron chi connectivity index (χ1n) is 8.01. The maximum Gasteiger partial charge on any atom is 0.491 e. The van der Waals surface area contributed by atoms with Gasteiger partial charge in [-0.25, -0.2) is 4.39 Å². The van der Waals surface area contributed by atoms with E-state index >= 15 is 0 Å². The second-order valence-electron chi connectivity index (χ2n) is 5.78. The molecule has 0 saturated carbocycles. The molecule has 0 aliphatic carbocycles. The van der Waals surface area contributed by atoms with E-state index in [2.05, 4.69) is 0 Å². The smallest absolute Gasteiger partial charge is 0.423 e. The zero-order valence-electron chi connectivity index (χ0n) is 13.1. The highest BCUT2D eigenvalue weighted by molar-refractivity contribution is 6.58. The van der Waals surface area contributed by atoms with Gasteiger partial charge in [0.1, 0.15) is 5.82 Å². The van der Waals surface area contributed by atoms with Crippen molar-refractivity contribution < 1.29 is 27.6 Å². The van der Waals surface area contributed by atoms with Crippen molar-refractivity contribution in [1.82, 2.24) is 0 Å². The van der Waals surface area contributed by atoms with Crippen molar-refractivity contribution in [2.45, 2.75) is 64.0 Å². The Bertz CT molecular complexity index is 464. The van der Waals surface area contributed by atoms with E-state index in [1.54, 1.807) is 12.1 Å². The van der Waals surface area contributed by atoms with E-state index in [4.69, 9.17) is 10.0 Å². The van der Waals surface area contributed by atoms with Gasteiger partial charge in [-0.2, -0.15) is 13.2 Å². The van der Waals surface area contributed by atoms with Gasteiger partial charge in [-0.3, -0.25) is 0 Å². The summed E-state index contributed by atoms with van der Waals surface area (Å²) in [5.74, 6) is -0.574. The molecule has 0 heterocycles. The van der Waals surface area contributed by atoms with Gasteiger partial charge in [0.2, 0.25) is 0 Å². The molecule has 0 unspecified atom stereocenters. The van der Waals surface area contributed by atoms with Crippen molar-refractivity contribution in [2.75, 3.05) is 0 Å². The number of halogens is 4. The van der Waals surface area contributed by atoms with Crippen molar-refractivity contribution in [3.05, 3.63) is 29.6 Å². The molecule has 1 aromatic carbocycles. The van der Waals surface area contributed by atoms with Crippen molar-refractivity contribution in [3.63, 3.8) is 0 Å². The molecule has 23 heavy (non-hydrogen) atoms. The molecule has 1 aromatic rings. The van der Waals surface area contributed by atoms with Crippen LogP contribution in [0.25, 0.3) is 0 Å². The Kier molecular flexibility index (Phi) is 8.62. The Morgan fingerprint density at radius 2 is 1.43 bits per heavy atom. The molecule has 0 saturated heterocycles. The first kappa shape index (κ1) is 20.0. The van der Waals surface area contributed by atoms with Crippen molar-refractivity contribution in [1.29, 1.82) is 0 Å². The van der Waals surface area contributed by atoms with Gasteiger partial charge < -0.3 is 10.0 Å². The SMILES string of the molecule is OB(O)c1cccc(CCCCCCCCCC(F)(F)F)c1F. The lowest BCUT2D eigenvalue weighted by Crippen LogP contribution is -2.33. The third-order valence-corrected chi connectivity index (χ3v) is 3.79. The number of hydrogen-bond donors (Lipinski definition) is 2. The van der Waals surface area contributed by atoms with Crippen LogP contribution in [0.2, 0.25) is 0 Å². The van der Waals surface area contributed by atoms with Gasteiger partial charge in [-0.1, -0.05) is 50.3 Å². The van der Waals surface area contributed by atoms with Crippen LogP contribution in [-0.2, 0) is 6.42 Å². The van der Waals surface area contributed by atoms with Gasteiger partial charge in [0.05, 0.1) is 0 Å². The molecule has 0 aliphatic rings. The maximum absolute atomic E-state index is 13.9. The lowest BCUT2D eigenvalue weighted by Gasteiger charge is -2.08. The minimum atomic E-state index is -4.05. The predicted octanol–water partition coefficient (Wildman–Crippen LogP) is 3.73. The van der Waals surface area contributed by atoms with Crippen molar-refractivity contribution in [3.8, 4) is 0 Å². The fourth-order valence-corrected chi connectivity index (χ4v) is 2.52. The summed E-state index contributed by atoms with van der Waals surface area (Å²) in [5.41, 5.74) is 0.341. The standard InChI is InChI=1S/C16H23BF4O2/c18-15-13(10-8-11-14(15)17(22)23)9-6-4-2-1-3-5-7-12-16(19,20)21/h8,10-11,22-23H,1-7,9,12H2. The summed E-state index contributed by atoms with van der Waals surface area (Å²) in [6, 6.07) is 4.55. The molecule has 0 spiro atoms. The summed E-state index contributed by atoms with van der Waals surface area (Å²) in [5, 5.41) is 18.1. The minimum absolute atomic E-state index is 0.118. The van der Waals surface area contributed by atoms with E-state index in [1.807, 2.05) is 0 Å². The Hall–Kier alpha value is -1.08. The summed E-state index contributed by atoms with van der Waals surface area (Å²) in [6.07, 6.45) is 0.757. The van der Waals surface area contributed by atoms with Crippen LogP contribution in [0.1, 0.15) is 56.9 Å². The zero-order valence-corrected chi connectivity index (χ0v) is 13.1. The first-order valence-corrected chi connectivity index (χ1v) is 8.01. The predicted molar refractivity (Wildman–Crippen MR) is 82.9 cm³/mol. The lowest BCUT2D eigenvalue weighted by atomic mass is 9.78. The second kappa shape index (κ2) is 9.93. The topological polar surface area (TPSA) is 40.5 Å². The largest absolute Gasteiger partial charge is 0.491 e. The summed E-state index contributed by atoms with van der Waals surface area (Å²) >= 11 is 0. The third kappa shape index (κ3) is 8.37. The summed E-state index contributed by atoms with van der Waals surface area (Å²) in [4.78, 5) is 0. The van der Waals surface area contributed by atoms with Crippen LogP contribution in [-0.4, -0.2) is 23.3 Å². The molecule has 2 N–H and O–H groups in total. The van der Waals surface area contributed by atoms with E-state index in [0.29, 0.717) is 18.4 Å². The molecule has 1 rings (SSSR count). The lowest BCUT2D eigenvalue weighted by molar-refractivity contribution is -0.135. The van der Waals surface area contributed by atoms with E-state index in [0.717, 1.165) is 32.1 Å². The fraction of sp³-hybridized carbons (Fsp3) is 0.625. The molecule has 0 bridgehead atoms. The van der Waals surface area contributed by atoms with E-state index in [1.165, 1.54) is 6.07 Å². The number of alkyl halides is 3. The quantitative estimate of drug-likeness (QED) is 0.389. The number of unbranched alkanes of at least 4 members (excludes halogenated alkanes) is 6. The van der Waals surface area contributed by atoms with Gasteiger partial charge >= 0.3 is 13.3 Å². The monoisotopic (exact) mass is 334 g/mol. The van der Waals surface area contributed by atoms with Crippen LogP contribution in [0.4, 0.5) is 17.6 Å². The molecule has 0 radical (unpaired) electrons. The van der Waals surface area contributed by atoms with E-state index in [-0.39, 0.29) is 11.9 Å². The summed E-state index contributed by atoms with van der Waals surface area (Å²) < 4.78 is 49.7. The number of hydrogen-bond acceptors (Lipinski definition) is 2. The molecule has 0 aromatic heterocycles. The highest BCUT2D eigenvalue weighted by Gasteiger charge is 2.25. The molecular weight excluding hydrogens is 311 g/mol. The van der Waals surface area contributed by atoms with Crippen LogP contribution < -0.4 is 5.46 Å². The number of benzene rings is 1. The van der Waals surface area contributed by atoms with Crippen LogP contribution in [0, 0.1) is 5.82 Å². The molecule has 0 fully saturated rings. The van der Waals surface area contributed by atoms with Gasteiger partial charge in [-0.05, 0) is 24.8 Å².